The summed E-state index contributed by atoms with van der Waals surface area (Å²) in [5.74, 6) is 6.54. The van der Waals surface area contributed by atoms with Gasteiger partial charge >= 0.3 is 0 Å². The molecule has 1 aromatic carbocycles. The Hall–Kier alpha value is -1.58. The van der Waals surface area contributed by atoms with Crippen LogP contribution >= 0.6 is 0 Å². The van der Waals surface area contributed by atoms with Crippen LogP contribution in [0.25, 0.3) is 0 Å². The molecule has 1 unspecified atom stereocenters. The van der Waals surface area contributed by atoms with E-state index in [1.54, 1.807) is 6.26 Å². The average Bonchev–Trinajstić information content (AvgIpc) is 2.83. The van der Waals surface area contributed by atoms with Crippen LogP contribution in [-0.2, 0) is 12.8 Å². The van der Waals surface area contributed by atoms with Crippen molar-refractivity contribution in [2.24, 2.45) is 5.84 Å². The molecular formula is C15H20N2O. The highest BCUT2D eigenvalue weighted by Gasteiger charge is 2.12. The SMILES string of the molecule is CCc1ccc(CC(NN)c2coc(C)c2)cc1. The lowest BCUT2D eigenvalue weighted by Crippen LogP contribution is -2.29. The number of rotatable bonds is 5. The molecule has 2 rings (SSSR count). The molecule has 1 heterocycles. The predicted octanol–water partition coefficient (Wildman–Crippen LogP) is 2.90. The van der Waals surface area contributed by atoms with Gasteiger partial charge in [-0.05, 0) is 37.0 Å². The van der Waals surface area contributed by atoms with Gasteiger partial charge in [0.1, 0.15) is 5.76 Å². The Morgan fingerprint density at radius 3 is 2.39 bits per heavy atom. The zero-order valence-corrected chi connectivity index (χ0v) is 10.9. The van der Waals surface area contributed by atoms with Crippen molar-refractivity contribution in [3.8, 4) is 0 Å². The fraction of sp³-hybridized carbons (Fsp3) is 0.333. The molecule has 96 valence electrons. The van der Waals surface area contributed by atoms with Gasteiger partial charge in [-0.2, -0.15) is 0 Å². The molecule has 0 amide bonds. The lowest BCUT2D eigenvalue weighted by molar-refractivity contribution is 0.511. The van der Waals surface area contributed by atoms with Crippen LogP contribution in [0.3, 0.4) is 0 Å². The van der Waals surface area contributed by atoms with Gasteiger partial charge in [-0.25, -0.2) is 0 Å². The number of aryl methyl sites for hydroxylation is 2. The van der Waals surface area contributed by atoms with Crippen LogP contribution in [0, 0.1) is 6.92 Å². The number of hydrogen-bond acceptors (Lipinski definition) is 3. The maximum absolute atomic E-state index is 5.63. The van der Waals surface area contributed by atoms with Crippen molar-refractivity contribution in [3.63, 3.8) is 0 Å². The predicted molar refractivity (Wildman–Crippen MR) is 73.0 cm³/mol. The molecular weight excluding hydrogens is 224 g/mol. The van der Waals surface area contributed by atoms with Gasteiger partial charge in [0.05, 0.1) is 12.3 Å². The number of hydrogen-bond donors (Lipinski definition) is 2. The highest BCUT2D eigenvalue weighted by atomic mass is 16.3. The van der Waals surface area contributed by atoms with Gasteiger partial charge in [0, 0.05) is 5.56 Å². The first kappa shape index (κ1) is 12.9. The first-order valence-electron chi connectivity index (χ1n) is 6.32. The van der Waals surface area contributed by atoms with E-state index in [1.165, 1.54) is 11.1 Å². The molecule has 0 fully saturated rings. The number of furan rings is 1. The van der Waals surface area contributed by atoms with Crippen LogP contribution in [0.4, 0.5) is 0 Å². The summed E-state index contributed by atoms with van der Waals surface area (Å²) < 4.78 is 5.33. The summed E-state index contributed by atoms with van der Waals surface area (Å²) >= 11 is 0. The standard InChI is InChI=1S/C15H20N2O/c1-3-12-4-6-13(7-5-12)9-15(17-16)14-8-11(2)18-10-14/h4-8,10,15,17H,3,9,16H2,1-2H3. The van der Waals surface area contributed by atoms with E-state index in [-0.39, 0.29) is 6.04 Å². The molecule has 18 heavy (non-hydrogen) atoms. The van der Waals surface area contributed by atoms with Crippen molar-refractivity contribution in [1.29, 1.82) is 0 Å². The molecule has 0 saturated heterocycles. The maximum atomic E-state index is 5.63. The summed E-state index contributed by atoms with van der Waals surface area (Å²) in [5.41, 5.74) is 6.57. The highest BCUT2D eigenvalue weighted by Crippen LogP contribution is 2.20. The number of benzene rings is 1. The van der Waals surface area contributed by atoms with Crippen molar-refractivity contribution in [2.45, 2.75) is 32.7 Å². The number of hydrazine groups is 1. The van der Waals surface area contributed by atoms with Crippen molar-refractivity contribution < 1.29 is 4.42 Å². The third-order valence-electron chi connectivity index (χ3n) is 3.23. The van der Waals surface area contributed by atoms with Crippen LogP contribution in [0.2, 0.25) is 0 Å². The van der Waals surface area contributed by atoms with Gasteiger partial charge in [-0.1, -0.05) is 31.2 Å². The molecule has 0 spiro atoms. The van der Waals surface area contributed by atoms with Crippen LogP contribution in [-0.4, -0.2) is 0 Å². The van der Waals surface area contributed by atoms with Gasteiger partial charge < -0.3 is 4.42 Å². The Bertz CT molecular complexity index is 487. The topological polar surface area (TPSA) is 51.2 Å². The lowest BCUT2D eigenvalue weighted by atomic mass is 10.00. The minimum atomic E-state index is 0.0925. The molecule has 0 aliphatic heterocycles. The van der Waals surface area contributed by atoms with Gasteiger partial charge in [0.25, 0.3) is 0 Å². The van der Waals surface area contributed by atoms with E-state index in [4.69, 9.17) is 10.3 Å². The van der Waals surface area contributed by atoms with Crippen molar-refractivity contribution in [3.05, 3.63) is 59.0 Å². The minimum Gasteiger partial charge on any atom is -0.469 e. The molecule has 3 nitrogen and oxygen atoms in total. The summed E-state index contributed by atoms with van der Waals surface area (Å²) in [5, 5.41) is 0. The summed E-state index contributed by atoms with van der Waals surface area (Å²) in [6.45, 7) is 4.10. The number of nitrogens with one attached hydrogen (secondary N) is 1. The fourth-order valence-electron chi connectivity index (χ4n) is 2.07. The number of nitrogens with two attached hydrogens (primary N) is 1. The van der Waals surface area contributed by atoms with E-state index in [9.17, 15) is 0 Å². The monoisotopic (exact) mass is 244 g/mol. The van der Waals surface area contributed by atoms with Crippen LogP contribution < -0.4 is 11.3 Å². The van der Waals surface area contributed by atoms with Gasteiger partial charge in [0.2, 0.25) is 0 Å². The first-order chi connectivity index (χ1) is 8.72. The first-order valence-corrected chi connectivity index (χ1v) is 6.32. The van der Waals surface area contributed by atoms with E-state index in [2.05, 4.69) is 36.6 Å². The van der Waals surface area contributed by atoms with E-state index in [1.807, 2.05) is 13.0 Å². The average molecular weight is 244 g/mol. The Labute approximate surface area is 108 Å². The molecule has 3 heteroatoms. The third-order valence-corrected chi connectivity index (χ3v) is 3.23. The van der Waals surface area contributed by atoms with Crippen molar-refractivity contribution >= 4 is 0 Å². The zero-order valence-electron chi connectivity index (χ0n) is 10.9. The van der Waals surface area contributed by atoms with Gasteiger partial charge in [-0.3, -0.25) is 11.3 Å². The maximum Gasteiger partial charge on any atom is 0.101 e. The Morgan fingerprint density at radius 1 is 1.22 bits per heavy atom. The highest BCUT2D eigenvalue weighted by molar-refractivity contribution is 5.25. The zero-order chi connectivity index (χ0) is 13.0. The molecule has 0 radical (unpaired) electrons. The van der Waals surface area contributed by atoms with Crippen molar-refractivity contribution in [1.82, 2.24) is 5.43 Å². The van der Waals surface area contributed by atoms with Crippen molar-refractivity contribution in [2.75, 3.05) is 0 Å². The summed E-state index contributed by atoms with van der Waals surface area (Å²) in [6.07, 6.45) is 3.69. The Morgan fingerprint density at radius 2 is 1.89 bits per heavy atom. The smallest absolute Gasteiger partial charge is 0.101 e. The second-order valence-corrected chi connectivity index (χ2v) is 4.58. The normalized spacial score (nSPS) is 12.6. The third kappa shape index (κ3) is 3.00. The molecule has 1 atom stereocenters. The molecule has 1 aromatic heterocycles. The van der Waals surface area contributed by atoms with E-state index < -0.39 is 0 Å². The summed E-state index contributed by atoms with van der Waals surface area (Å²) in [7, 11) is 0. The van der Waals surface area contributed by atoms with Gasteiger partial charge in [0.15, 0.2) is 0 Å². The largest absolute Gasteiger partial charge is 0.469 e. The van der Waals surface area contributed by atoms with Crippen LogP contribution in [0.5, 0.6) is 0 Å². The quantitative estimate of drug-likeness (QED) is 0.628. The summed E-state index contributed by atoms with van der Waals surface area (Å²) in [6, 6.07) is 10.8. The Kier molecular flexibility index (Phi) is 4.18. The van der Waals surface area contributed by atoms with Crippen LogP contribution in [0.15, 0.2) is 41.0 Å². The van der Waals surface area contributed by atoms with Gasteiger partial charge in [-0.15, -0.1) is 0 Å². The summed E-state index contributed by atoms with van der Waals surface area (Å²) in [4.78, 5) is 0. The second-order valence-electron chi connectivity index (χ2n) is 4.58. The van der Waals surface area contributed by atoms with E-state index in [0.29, 0.717) is 0 Å². The molecule has 0 aliphatic rings. The Balaban J connectivity index is 2.10. The molecule has 0 bridgehead atoms. The molecule has 0 saturated carbocycles. The lowest BCUT2D eigenvalue weighted by Gasteiger charge is -2.14. The second kappa shape index (κ2) is 5.85. The minimum absolute atomic E-state index is 0.0925. The van der Waals surface area contributed by atoms with Crippen LogP contribution in [0.1, 0.15) is 35.4 Å². The molecule has 2 aromatic rings. The fourth-order valence-corrected chi connectivity index (χ4v) is 2.07. The van der Waals surface area contributed by atoms with E-state index in [0.717, 1.165) is 24.2 Å². The molecule has 0 aliphatic carbocycles. The van der Waals surface area contributed by atoms with E-state index >= 15 is 0 Å². The molecule has 3 N–H and O–H groups in total.